The highest BCUT2D eigenvalue weighted by Gasteiger charge is 2.21. The molecular weight excluding hydrogens is 466 g/mol. The number of anilines is 1. The van der Waals surface area contributed by atoms with Gasteiger partial charge < -0.3 is 15.0 Å². The molecule has 1 aliphatic heterocycles. The van der Waals surface area contributed by atoms with E-state index >= 15 is 0 Å². The van der Waals surface area contributed by atoms with E-state index in [0.29, 0.717) is 22.3 Å². The van der Waals surface area contributed by atoms with Crippen LogP contribution in [0.25, 0.3) is 20.4 Å². The number of carbonyl (C=O) groups excluding carboxylic acids is 1. The summed E-state index contributed by atoms with van der Waals surface area (Å²) in [4.78, 5) is 26.3. The molecule has 0 aliphatic carbocycles. The zero-order valence-electron chi connectivity index (χ0n) is 17.5. The fourth-order valence-electron chi connectivity index (χ4n) is 3.80. The molecule has 0 spiro atoms. The summed E-state index contributed by atoms with van der Waals surface area (Å²) in [6.07, 6.45) is 0. The molecule has 3 heterocycles. The van der Waals surface area contributed by atoms with E-state index in [9.17, 15) is 4.79 Å². The first-order chi connectivity index (χ1) is 15.6. The zero-order valence-corrected chi connectivity index (χ0v) is 19.9. The number of ether oxygens (including phenoxy) is 1. The van der Waals surface area contributed by atoms with Crippen LogP contribution >= 0.6 is 34.3 Å². The van der Waals surface area contributed by atoms with Gasteiger partial charge in [-0.15, -0.1) is 11.3 Å². The van der Waals surface area contributed by atoms with Crippen molar-refractivity contribution in [3.8, 4) is 5.75 Å². The Morgan fingerprint density at radius 1 is 1.09 bits per heavy atom. The highest BCUT2D eigenvalue weighted by Crippen LogP contribution is 2.38. The van der Waals surface area contributed by atoms with Crippen LogP contribution in [0.15, 0.2) is 36.4 Å². The van der Waals surface area contributed by atoms with E-state index in [1.807, 2.05) is 36.4 Å². The van der Waals surface area contributed by atoms with Gasteiger partial charge in [-0.3, -0.25) is 9.69 Å². The predicted octanol–water partition coefficient (Wildman–Crippen LogP) is 4.12. The van der Waals surface area contributed by atoms with Crippen LogP contribution in [0.1, 0.15) is 9.80 Å². The number of aromatic nitrogens is 2. The topological polar surface area (TPSA) is 70.6 Å². The van der Waals surface area contributed by atoms with Gasteiger partial charge in [0.2, 0.25) is 0 Å². The van der Waals surface area contributed by atoms with E-state index in [4.69, 9.17) is 21.3 Å². The summed E-state index contributed by atoms with van der Waals surface area (Å²) >= 11 is 9.32. The predicted molar refractivity (Wildman–Crippen MR) is 132 cm³/mol. The minimum absolute atomic E-state index is 0.105. The minimum Gasteiger partial charge on any atom is -0.493 e. The van der Waals surface area contributed by atoms with Gasteiger partial charge in [-0.05, 0) is 24.3 Å². The normalized spacial score (nSPS) is 14.9. The third-order valence-corrected chi connectivity index (χ3v) is 7.92. The van der Waals surface area contributed by atoms with Gasteiger partial charge in [-0.25, -0.2) is 9.97 Å². The highest BCUT2D eigenvalue weighted by atomic mass is 35.5. The monoisotopic (exact) mass is 487 g/mol. The Labute approximate surface area is 198 Å². The van der Waals surface area contributed by atoms with Gasteiger partial charge >= 0.3 is 0 Å². The van der Waals surface area contributed by atoms with Gasteiger partial charge in [0.15, 0.2) is 15.9 Å². The fourth-order valence-corrected chi connectivity index (χ4v) is 5.93. The molecule has 32 heavy (non-hydrogen) atoms. The van der Waals surface area contributed by atoms with Gasteiger partial charge in [0.1, 0.15) is 5.52 Å². The van der Waals surface area contributed by atoms with Crippen LogP contribution in [0.2, 0.25) is 5.02 Å². The summed E-state index contributed by atoms with van der Waals surface area (Å²) < 4.78 is 7.54. The number of hydrogen-bond donors (Lipinski definition) is 1. The third kappa shape index (κ3) is 4.25. The van der Waals surface area contributed by atoms with Crippen LogP contribution in [0, 0.1) is 0 Å². The van der Waals surface area contributed by atoms with Gasteiger partial charge in [0, 0.05) is 39.3 Å². The molecule has 0 unspecified atom stereocenters. The molecule has 0 atom stereocenters. The third-order valence-electron chi connectivity index (χ3n) is 5.50. The van der Waals surface area contributed by atoms with Crippen molar-refractivity contribution in [2.24, 2.45) is 0 Å². The summed E-state index contributed by atoms with van der Waals surface area (Å²) in [6.45, 7) is 5.04. The quantitative estimate of drug-likeness (QED) is 0.441. The molecule has 5 rings (SSSR count). The van der Waals surface area contributed by atoms with Crippen LogP contribution in [-0.2, 0) is 0 Å². The first kappa shape index (κ1) is 21.4. The van der Waals surface area contributed by atoms with Crippen LogP contribution < -0.4 is 15.0 Å². The molecule has 0 saturated carbocycles. The Bertz CT molecular complexity index is 1230. The molecular formula is C22H22ClN5O2S2. The van der Waals surface area contributed by atoms with E-state index in [0.717, 1.165) is 58.3 Å². The Hall–Kier alpha value is -2.46. The average Bonchev–Trinajstić information content (AvgIpc) is 3.44. The van der Waals surface area contributed by atoms with Crippen LogP contribution in [0.3, 0.4) is 0 Å². The average molecular weight is 488 g/mol. The molecule has 7 nitrogen and oxygen atoms in total. The summed E-state index contributed by atoms with van der Waals surface area (Å²) in [5.41, 5.74) is 1.69. The number of thiazole rings is 2. The maximum Gasteiger partial charge on any atom is 0.280 e. The standard InChI is InChI=1S/C22H22ClN5O2S2/c1-30-19-14(23)6-7-17-18(19)26-22(32-17)28-12-10-27(11-13-28)9-8-24-20(29)21-25-15-4-2-3-5-16(15)31-21/h2-7H,8-13H2,1H3,(H,24,29). The summed E-state index contributed by atoms with van der Waals surface area (Å²) in [7, 11) is 1.62. The smallest absolute Gasteiger partial charge is 0.280 e. The van der Waals surface area contributed by atoms with Crippen molar-refractivity contribution in [1.29, 1.82) is 0 Å². The van der Waals surface area contributed by atoms with Crippen LogP contribution in [0.5, 0.6) is 5.75 Å². The second-order valence-electron chi connectivity index (χ2n) is 7.50. The summed E-state index contributed by atoms with van der Waals surface area (Å²) in [5.74, 6) is 0.529. The Balaban J connectivity index is 1.13. The van der Waals surface area contributed by atoms with E-state index in [2.05, 4.69) is 20.1 Å². The first-order valence-electron chi connectivity index (χ1n) is 10.4. The number of benzene rings is 2. The molecule has 4 aromatic rings. The molecule has 0 bridgehead atoms. The van der Waals surface area contributed by atoms with E-state index in [1.165, 1.54) is 11.3 Å². The number of rotatable bonds is 6. The van der Waals surface area contributed by atoms with Crippen molar-refractivity contribution >= 4 is 65.7 Å². The number of methoxy groups -OCH3 is 1. The highest BCUT2D eigenvalue weighted by molar-refractivity contribution is 7.22. The SMILES string of the molecule is COc1c(Cl)ccc2sc(N3CCN(CCNC(=O)c4nc5ccccc5s4)CC3)nc12. The number of carbonyl (C=O) groups is 1. The Morgan fingerprint density at radius 3 is 2.69 bits per heavy atom. The number of fused-ring (bicyclic) bond motifs is 2. The molecule has 1 N–H and O–H groups in total. The molecule has 1 saturated heterocycles. The molecule has 166 valence electrons. The zero-order chi connectivity index (χ0) is 22.1. The number of para-hydroxylation sites is 1. The lowest BCUT2D eigenvalue weighted by Gasteiger charge is -2.34. The second kappa shape index (κ2) is 9.19. The number of halogens is 1. The van der Waals surface area contributed by atoms with Gasteiger partial charge in [-0.1, -0.05) is 35.1 Å². The van der Waals surface area contributed by atoms with Gasteiger partial charge in [0.05, 0.1) is 27.0 Å². The second-order valence-corrected chi connectivity index (χ2v) is 9.94. The lowest BCUT2D eigenvalue weighted by molar-refractivity contribution is 0.0947. The molecule has 1 aliphatic rings. The Morgan fingerprint density at radius 2 is 1.91 bits per heavy atom. The lowest BCUT2D eigenvalue weighted by Crippen LogP contribution is -2.48. The molecule has 2 aromatic heterocycles. The fraction of sp³-hybridized carbons (Fsp3) is 0.318. The molecule has 1 amide bonds. The van der Waals surface area contributed by atoms with Crippen LogP contribution in [0.4, 0.5) is 5.13 Å². The van der Waals surface area contributed by atoms with Gasteiger partial charge in [0.25, 0.3) is 5.91 Å². The summed E-state index contributed by atoms with van der Waals surface area (Å²) in [6, 6.07) is 11.7. The van der Waals surface area contributed by atoms with Gasteiger partial charge in [-0.2, -0.15) is 0 Å². The number of nitrogens with zero attached hydrogens (tertiary/aromatic N) is 4. The maximum atomic E-state index is 12.4. The molecule has 2 aromatic carbocycles. The number of amides is 1. The lowest BCUT2D eigenvalue weighted by atomic mass is 10.3. The molecule has 1 fully saturated rings. The van der Waals surface area contributed by atoms with Crippen molar-refractivity contribution in [1.82, 2.24) is 20.2 Å². The largest absolute Gasteiger partial charge is 0.493 e. The number of nitrogens with one attached hydrogen (secondary N) is 1. The van der Waals surface area contributed by atoms with Crippen molar-refractivity contribution in [3.63, 3.8) is 0 Å². The number of hydrogen-bond acceptors (Lipinski definition) is 8. The first-order valence-corrected chi connectivity index (χ1v) is 12.4. The van der Waals surface area contributed by atoms with Crippen molar-refractivity contribution < 1.29 is 9.53 Å². The minimum atomic E-state index is -0.105. The molecule has 10 heteroatoms. The van der Waals surface area contributed by atoms with E-state index in [-0.39, 0.29) is 5.91 Å². The van der Waals surface area contributed by atoms with E-state index < -0.39 is 0 Å². The van der Waals surface area contributed by atoms with Crippen LogP contribution in [-0.4, -0.2) is 67.2 Å². The number of piperazine rings is 1. The maximum absolute atomic E-state index is 12.4. The van der Waals surface area contributed by atoms with Crippen molar-refractivity contribution in [2.45, 2.75) is 0 Å². The van der Waals surface area contributed by atoms with E-state index in [1.54, 1.807) is 18.4 Å². The molecule has 0 radical (unpaired) electrons. The van der Waals surface area contributed by atoms with Crippen molar-refractivity contribution in [2.75, 3.05) is 51.3 Å². The Kier molecular flexibility index (Phi) is 6.14. The van der Waals surface area contributed by atoms with Crippen molar-refractivity contribution in [3.05, 3.63) is 46.4 Å². The summed E-state index contributed by atoms with van der Waals surface area (Å²) in [5, 5.41) is 5.09.